The number of rotatable bonds is 6. The first-order chi connectivity index (χ1) is 10.1. The van der Waals surface area contributed by atoms with E-state index in [2.05, 4.69) is 15.3 Å². The quantitative estimate of drug-likeness (QED) is 0.289. The third-order valence-corrected chi connectivity index (χ3v) is 3.00. The first kappa shape index (κ1) is 18.2. The molecule has 4 N–H and O–H groups in total. The van der Waals surface area contributed by atoms with Crippen molar-refractivity contribution in [1.82, 2.24) is 5.32 Å². The zero-order chi connectivity index (χ0) is 16.9. The Kier molecular flexibility index (Phi) is 6.16. The first-order valence-electron chi connectivity index (χ1n) is 7.35. The van der Waals surface area contributed by atoms with Gasteiger partial charge in [0.2, 0.25) is 0 Å². The van der Waals surface area contributed by atoms with Crippen LogP contribution in [-0.4, -0.2) is 40.8 Å². The van der Waals surface area contributed by atoms with Crippen LogP contribution < -0.4 is 11.1 Å². The zero-order valence-electron chi connectivity index (χ0n) is 13.5. The average molecular weight is 315 g/mol. The molecule has 2 unspecified atom stereocenters. The van der Waals surface area contributed by atoms with E-state index in [1.165, 1.54) is 0 Å². The molecule has 126 valence electrons. The van der Waals surface area contributed by atoms with Gasteiger partial charge in [-0.05, 0) is 40.0 Å². The number of ether oxygens (including phenoxy) is 1. The van der Waals surface area contributed by atoms with Crippen molar-refractivity contribution in [3.8, 4) is 0 Å². The highest BCUT2D eigenvalue weighted by Gasteiger charge is 2.31. The van der Waals surface area contributed by atoms with Crippen molar-refractivity contribution < 1.29 is 24.3 Å². The van der Waals surface area contributed by atoms with Crippen molar-refractivity contribution >= 4 is 17.9 Å². The second-order valence-electron chi connectivity index (χ2n) is 6.31. The van der Waals surface area contributed by atoms with Gasteiger partial charge in [-0.25, -0.2) is 9.59 Å². The van der Waals surface area contributed by atoms with Gasteiger partial charge in [0, 0.05) is 5.92 Å². The minimum atomic E-state index is -1.55. The molecule has 0 aromatic heterocycles. The Morgan fingerprint density at radius 3 is 2.45 bits per heavy atom. The standard InChI is InChI=1S/C14H25N3O5/c1-5-9(16-13(20)21-14(2,3)4)10(18)12(19)22-17-11(15)8-6-7-8/h8-10,18H,5-7H2,1-4H3,(H2,15,17)(H,16,20). The van der Waals surface area contributed by atoms with Crippen molar-refractivity contribution in [2.75, 3.05) is 0 Å². The van der Waals surface area contributed by atoms with Gasteiger partial charge in [0.1, 0.15) is 11.4 Å². The first-order valence-corrected chi connectivity index (χ1v) is 7.35. The Morgan fingerprint density at radius 1 is 1.41 bits per heavy atom. The van der Waals surface area contributed by atoms with Crippen LogP contribution in [-0.2, 0) is 14.4 Å². The van der Waals surface area contributed by atoms with Crippen molar-refractivity contribution in [1.29, 1.82) is 0 Å². The molecule has 1 saturated carbocycles. The molecule has 0 aromatic rings. The molecule has 1 fully saturated rings. The molecule has 1 amide bonds. The number of alkyl carbamates (subject to hydrolysis) is 1. The Morgan fingerprint density at radius 2 is 2.00 bits per heavy atom. The topological polar surface area (TPSA) is 123 Å². The third-order valence-electron chi connectivity index (χ3n) is 3.00. The SMILES string of the molecule is CCC(NC(=O)OC(C)(C)C)C(O)C(=O)O/N=C(\N)C1CC1. The highest BCUT2D eigenvalue weighted by atomic mass is 16.7. The number of carbonyl (C=O) groups excluding carboxylic acids is 2. The average Bonchev–Trinajstić information content (AvgIpc) is 3.23. The number of hydrogen-bond acceptors (Lipinski definition) is 6. The van der Waals surface area contributed by atoms with E-state index in [1.807, 2.05) is 0 Å². The predicted octanol–water partition coefficient (Wildman–Crippen LogP) is 0.876. The normalized spacial score (nSPS) is 18.3. The summed E-state index contributed by atoms with van der Waals surface area (Å²) in [5, 5.41) is 15.9. The number of nitrogens with two attached hydrogens (primary N) is 1. The number of nitrogens with one attached hydrogen (secondary N) is 1. The van der Waals surface area contributed by atoms with E-state index in [4.69, 9.17) is 10.5 Å². The van der Waals surface area contributed by atoms with Crippen molar-refractivity contribution in [2.24, 2.45) is 16.8 Å². The lowest BCUT2D eigenvalue weighted by Gasteiger charge is -2.24. The van der Waals surface area contributed by atoms with Gasteiger partial charge >= 0.3 is 12.1 Å². The summed E-state index contributed by atoms with van der Waals surface area (Å²) in [5.41, 5.74) is 4.92. The lowest BCUT2D eigenvalue weighted by Crippen LogP contribution is -2.48. The van der Waals surface area contributed by atoms with Crippen LogP contribution in [0.1, 0.15) is 47.0 Å². The van der Waals surface area contributed by atoms with Gasteiger partial charge < -0.3 is 25.7 Å². The molecule has 0 bridgehead atoms. The van der Waals surface area contributed by atoms with Gasteiger partial charge in [0.25, 0.3) is 0 Å². The summed E-state index contributed by atoms with van der Waals surface area (Å²) in [6.07, 6.45) is -0.0990. The largest absolute Gasteiger partial charge is 0.444 e. The highest BCUT2D eigenvalue weighted by molar-refractivity contribution is 5.85. The third kappa shape index (κ3) is 6.30. The van der Waals surface area contributed by atoms with Crippen LogP contribution in [0.25, 0.3) is 0 Å². The Bertz CT molecular complexity index is 440. The molecular formula is C14H25N3O5. The molecule has 8 heteroatoms. The fourth-order valence-corrected chi connectivity index (χ4v) is 1.63. The van der Waals surface area contributed by atoms with Crippen molar-refractivity contribution in [3.05, 3.63) is 0 Å². The molecule has 0 spiro atoms. The number of amidine groups is 1. The fraction of sp³-hybridized carbons (Fsp3) is 0.786. The van der Waals surface area contributed by atoms with Crippen LogP contribution in [0.3, 0.4) is 0 Å². The van der Waals surface area contributed by atoms with E-state index in [0.29, 0.717) is 6.42 Å². The summed E-state index contributed by atoms with van der Waals surface area (Å²) in [7, 11) is 0. The van der Waals surface area contributed by atoms with Crippen molar-refractivity contribution in [2.45, 2.75) is 64.7 Å². The molecule has 2 atom stereocenters. The maximum atomic E-state index is 11.7. The van der Waals surface area contributed by atoms with Crippen LogP contribution >= 0.6 is 0 Å². The lowest BCUT2D eigenvalue weighted by atomic mass is 10.1. The van der Waals surface area contributed by atoms with Crippen LogP contribution in [0.4, 0.5) is 4.79 Å². The molecule has 0 heterocycles. The molecule has 22 heavy (non-hydrogen) atoms. The van der Waals surface area contributed by atoms with E-state index >= 15 is 0 Å². The number of aliphatic hydroxyl groups excluding tert-OH is 1. The Labute approximate surface area is 130 Å². The zero-order valence-corrected chi connectivity index (χ0v) is 13.5. The van der Waals surface area contributed by atoms with E-state index in [1.54, 1.807) is 27.7 Å². The number of aliphatic hydroxyl groups is 1. The second kappa shape index (κ2) is 7.44. The summed E-state index contributed by atoms with van der Waals surface area (Å²) < 4.78 is 5.08. The smallest absolute Gasteiger partial charge is 0.407 e. The molecule has 0 aliphatic heterocycles. The molecule has 8 nitrogen and oxygen atoms in total. The number of nitrogens with zero attached hydrogens (tertiary/aromatic N) is 1. The predicted molar refractivity (Wildman–Crippen MR) is 79.9 cm³/mol. The minimum absolute atomic E-state index is 0.159. The number of carbonyl (C=O) groups is 2. The Hall–Kier alpha value is -1.83. The van der Waals surface area contributed by atoms with Gasteiger partial charge in [0.05, 0.1) is 6.04 Å². The summed E-state index contributed by atoms with van der Waals surface area (Å²) in [4.78, 5) is 28.0. The minimum Gasteiger partial charge on any atom is -0.444 e. The van der Waals surface area contributed by atoms with Gasteiger partial charge in [-0.2, -0.15) is 0 Å². The summed E-state index contributed by atoms with van der Waals surface area (Å²) in [6, 6.07) is -0.834. The summed E-state index contributed by atoms with van der Waals surface area (Å²) >= 11 is 0. The molecule has 0 saturated heterocycles. The second-order valence-corrected chi connectivity index (χ2v) is 6.31. The van der Waals surface area contributed by atoms with Crippen LogP contribution in [0.15, 0.2) is 5.16 Å². The van der Waals surface area contributed by atoms with E-state index in [-0.39, 0.29) is 11.8 Å². The number of oxime groups is 1. The fourth-order valence-electron chi connectivity index (χ4n) is 1.63. The lowest BCUT2D eigenvalue weighted by molar-refractivity contribution is -0.155. The maximum Gasteiger partial charge on any atom is 0.407 e. The van der Waals surface area contributed by atoms with E-state index < -0.39 is 29.8 Å². The molecule has 1 aliphatic rings. The van der Waals surface area contributed by atoms with Gasteiger partial charge in [-0.1, -0.05) is 12.1 Å². The molecule has 1 aliphatic carbocycles. The molecular weight excluding hydrogens is 290 g/mol. The number of amides is 1. The van der Waals surface area contributed by atoms with Gasteiger partial charge in [0.15, 0.2) is 6.10 Å². The van der Waals surface area contributed by atoms with E-state index in [0.717, 1.165) is 12.8 Å². The maximum absolute atomic E-state index is 11.7. The van der Waals surface area contributed by atoms with E-state index in [9.17, 15) is 14.7 Å². The molecule has 0 aromatic carbocycles. The van der Waals surface area contributed by atoms with Crippen molar-refractivity contribution in [3.63, 3.8) is 0 Å². The summed E-state index contributed by atoms with van der Waals surface area (Å²) in [5.74, 6) is -0.563. The van der Waals surface area contributed by atoms with Crippen LogP contribution in [0, 0.1) is 5.92 Å². The monoisotopic (exact) mass is 315 g/mol. The summed E-state index contributed by atoms with van der Waals surface area (Å²) in [6.45, 7) is 6.86. The molecule has 0 radical (unpaired) electrons. The van der Waals surface area contributed by atoms with Gasteiger partial charge in [-0.3, -0.25) is 0 Å². The Balaban J connectivity index is 2.51. The van der Waals surface area contributed by atoms with Gasteiger partial charge in [-0.15, -0.1) is 0 Å². The highest BCUT2D eigenvalue weighted by Crippen LogP contribution is 2.28. The molecule has 1 rings (SSSR count). The van der Waals surface area contributed by atoms with Crippen LogP contribution in [0.2, 0.25) is 0 Å². The number of hydrogen-bond donors (Lipinski definition) is 3. The van der Waals surface area contributed by atoms with Crippen LogP contribution in [0.5, 0.6) is 0 Å².